The van der Waals surface area contributed by atoms with Crippen molar-refractivity contribution in [3.63, 3.8) is 0 Å². The summed E-state index contributed by atoms with van der Waals surface area (Å²) in [5.74, 6) is 0.0337. The number of hydrogen-bond acceptors (Lipinski definition) is 4. The quantitative estimate of drug-likeness (QED) is 0.198. The van der Waals surface area contributed by atoms with E-state index in [0.29, 0.717) is 5.56 Å². The summed E-state index contributed by atoms with van der Waals surface area (Å²) < 4.78 is 0. The molecule has 3 aliphatic rings. The van der Waals surface area contributed by atoms with Crippen molar-refractivity contribution in [2.45, 2.75) is 5.41 Å². The lowest BCUT2D eigenvalue weighted by molar-refractivity contribution is 0.104. The highest BCUT2D eigenvalue weighted by molar-refractivity contribution is 6.22. The predicted octanol–water partition coefficient (Wildman–Crippen LogP) is 10.2. The van der Waals surface area contributed by atoms with Crippen LogP contribution in [0.5, 0.6) is 0 Å². The van der Waals surface area contributed by atoms with Gasteiger partial charge in [-0.2, -0.15) is 0 Å². The summed E-state index contributed by atoms with van der Waals surface area (Å²) in [6.45, 7) is 0. The van der Waals surface area contributed by atoms with Gasteiger partial charge in [0.1, 0.15) is 0 Å². The van der Waals surface area contributed by atoms with E-state index in [1.807, 2.05) is 12.1 Å². The summed E-state index contributed by atoms with van der Waals surface area (Å²) in [7, 11) is 0. The molecule has 1 spiro atoms. The molecule has 4 heteroatoms. The van der Waals surface area contributed by atoms with Crippen LogP contribution in [0.1, 0.15) is 38.2 Å². The monoisotopic (exact) mass is 601 g/mol. The summed E-state index contributed by atoms with van der Waals surface area (Å²) in [5, 5.41) is 0. The molecule has 3 heterocycles. The average molecular weight is 602 g/mol. The van der Waals surface area contributed by atoms with Crippen molar-refractivity contribution in [2.24, 2.45) is 0 Å². The third kappa shape index (κ3) is 3.36. The van der Waals surface area contributed by atoms with E-state index in [4.69, 9.17) is 0 Å². The largest absolute Gasteiger partial charge is 0.310 e. The van der Waals surface area contributed by atoms with Gasteiger partial charge in [0.15, 0.2) is 5.78 Å². The maximum Gasteiger partial charge on any atom is 0.195 e. The molecule has 0 N–H and O–H groups in total. The zero-order chi connectivity index (χ0) is 31.1. The van der Waals surface area contributed by atoms with E-state index >= 15 is 0 Å². The Hall–Kier alpha value is -6.26. The summed E-state index contributed by atoms with van der Waals surface area (Å²) in [5.41, 5.74) is 14.3. The molecule has 1 aliphatic carbocycles. The normalized spacial score (nSPS) is 14.5. The van der Waals surface area contributed by atoms with Crippen LogP contribution in [0.2, 0.25) is 0 Å². The first kappa shape index (κ1) is 26.0. The second-order valence-corrected chi connectivity index (χ2v) is 12.3. The molecule has 0 atom stereocenters. The van der Waals surface area contributed by atoms with Gasteiger partial charge >= 0.3 is 0 Å². The van der Waals surface area contributed by atoms with Gasteiger partial charge in [0.05, 0.1) is 28.2 Å². The second kappa shape index (κ2) is 9.62. The molecule has 10 rings (SSSR count). The van der Waals surface area contributed by atoms with E-state index in [0.717, 1.165) is 50.8 Å². The number of fused-ring (bicyclic) bond motifs is 11. The highest BCUT2D eigenvalue weighted by Gasteiger charge is 2.51. The van der Waals surface area contributed by atoms with Gasteiger partial charge in [-0.15, -0.1) is 0 Å². The van der Waals surface area contributed by atoms with Crippen molar-refractivity contribution >= 4 is 39.9 Å². The topological polar surface area (TPSA) is 36.4 Å². The molecule has 1 aromatic heterocycles. The average Bonchev–Trinajstić information content (AvgIpc) is 3.42. The van der Waals surface area contributed by atoms with Crippen molar-refractivity contribution in [3.05, 3.63) is 197 Å². The third-order valence-corrected chi connectivity index (χ3v) is 10.1. The highest BCUT2D eigenvalue weighted by Crippen LogP contribution is 2.64. The molecule has 2 aliphatic heterocycles. The van der Waals surface area contributed by atoms with Gasteiger partial charge in [-0.1, -0.05) is 91.0 Å². The minimum Gasteiger partial charge on any atom is -0.310 e. The van der Waals surface area contributed by atoms with E-state index in [-0.39, 0.29) is 5.78 Å². The minimum atomic E-state index is -0.576. The number of benzene rings is 6. The van der Waals surface area contributed by atoms with Crippen LogP contribution in [0.3, 0.4) is 0 Å². The van der Waals surface area contributed by atoms with Crippen LogP contribution in [0.4, 0.5) is 34.1 Å². The van der Waals surface area contributed by atoms with E-state index in [1.165, 1.54) is 22.3 Å². The Labute approximate surface area is 272 Å². The molecule has 6 aromatic carbocycles. The Bertz CT molecular complexity index is 2320. The molecule has 0 saturated carbocycles. The fraction of sp³-hybridized carbons (Fsp3) is 0.0233. The van der Waals surface area contributed by atoms with E-state index < -0.39 is 5.41 Å². The Balaban J connectivity index is 1.28. The molecule has 0 bridgehead atoms. The van der Waals surface area contributed by atoms with Crippen LogP contribution in [-0.4, -0.2) is 10.8 Å². The van der Waals surface area contributed by atoms with Crippen LogP contribution in [0, 0.1) is 0 Å². The fourth-order valence-corrected chi connectivity index (χ4v) is 8.25. The van der Waals surface area contributed by atoms with Gasteiger partial charge in [-0.25, -0.2) is 0 Å². The zero-order valence-corrected chi connectivity index (χ0v) is 25.3. The molecule has 0 amide bonds. The highest BCUT2D eigenvalue weighted by atomic mass is 16.1. The third-order valence-electron chi connectivity index (χ3n) is 10.1. The lowest BCUT2D eigenvalue weighted by atomic mass is 9.60. The van der Waals surface area contributed by atoms with Gasteiger partial charge in [0.25, 0.3) is 0 Å². The molecule has 0 radical (unpaired) electrons. The maximum atomic E-state index is 13.3. The molecule has 7 aromatic rings. The molecule has 0 fully saturated rings. The first-order valence-corrected chi connectivity index (χ1v) is 15.9. The number of anilines is 6. The van der Waals surface area contributed by atoms with Gasteiger partial charge in [0, 0.05) is 34.9 Å². The Morgan fingerprint density at radius 3 is 1.47 bits per heavy atom. The summed E-state index contributed by atoms with van der Waals surface area (Å²) in [6.07, 6.45) is 3.45. The van der Waals surface area contributed by atoms with Crippen molar-refractivity contribution < 1.29 is 4.79 Å². The van der Waals surface area contributed by atoms with Crippen LogP contribution < -0.4 is 9.80 Å². The number of nitrogens with zero attached hydrogens (tertiary/aromatic N) is 3. The van der Waals surface area contributed by atoms with Crippen LogP contribution in [0.25, 0.3) is 11.1 Å². The van der Waals surface area contributed by atoms with Crippen molar-refractivity contribution in [1.29, 1.82) is 0 Å². The number of carbonyl (C=O) groups excluding carboxylic acids is 1. The van der Waals surface area contributed by atoms with Crippen molar-refractivity contribution in [3.8, 4) is 11.1 Å². The molecular formula is C43H27N3O. The predicted molar refractivity (Wildman–Crippen MR) is 188 cm³/mol. The molecule has 220 valence electrons. The van der Waals surface area contributed by atoms with Crippen molar-refractivity contribution in [2.75, 3.05) is 9.80 Å². The molecule has 4 nitrogen and oxygen atoms in total. The summed E-state index contributed by atoms with van der Waals surface area (Å²) >= 11 is 0. The van der Waals surface area contributed by atoms with Crippen LogP contribution in [0.15, 0.2) is 164 Å². The number of hydrogen-bond donors (Lipinski definition) is 0. The molecular weight excluding hydrogens is 574 g/mol. The molecule has 0 unspecified atom stereocenters. The standard InChI is InChI=1S/C43H27N3O/c47-42-31-23-22-29(26-32(31)30-24-25-44-27-33(30)42)46-40-20-10-6-16-36(40)43(37-17-7-11-21-41(37)46)34-14-4-8-18-38(34)45(28-12-2-1-3-13-28)39-19-9-5-15-35(39)43/h1-27H. The zero-order valence-electron chi connectivity index (χ0n) is 25.3. The fourth-order valence-electron chi connectivity index (χ4n) is 8.25. The van der Waals surface area contributed by atoms with Crippen LogP contribution >= 0.6 is 0 Å². The number of aromatic nitrogens is 1. The summed E-state index contributed by atoms with van der Waals surface area (Å²) in [6, 6.07) is 54.2. The van der Waals surface area contributed by atoms with Crippen LogP contribution in [-0.2, 0) is 5.41 Å². The smallest absolute Gasteiger partial charge is 0.195 e. The van der Waals surface area contributed by atoms with Crippen molar-refractivity contribution in [1.82, 2.24) is 4.98 Å². The summed E-state index contributed by atoms with van der Waals surface area (Å²) in [4.78, 5) is 22.3. The van der Waals surface area contributed by atoms with E-state index in [2.05, 4.69) is 154 Å². The molecule has 47 heavy (non-hydrogen) atoms. The first-order valence-electron chi connectivity index (χ1n) is 15.9. The lowest BCUT2D eigenvalue weighted by Crippen LogP contribution is -2.41. The number of pyridine rings is 1. The SMILES string of the molecule is O=C1c2cnccc2-c2cc(N3c4ccccc4C4(c5ccccc5N(c5ccccc5)c5ccccc54)c4ccccc43)ccc21. The van der Waals surface area contributed by atoms with E-state index in [9.17, 15) is 4.79 Å². The van der Waals surface area contributed by atoms with Gasteiger partial charge in [-0.05, 0) is 94.0 Å². The van der Waals surface area contributed by atoms with Gasteiger partial charge < -0.3 is 9.80 Å². The first-order chi connectivity index (χ1) is 23.3. The minimum absolute atomic E-state index is 0.0337. The van der Waals surface area contributed by atoms with Gasteiger partial charge in [-0.3, -0.25) is 9.78 Å². The Morgan fingerprint density at radius 1 is 0.426 bits per heavy atom. The maximum absolute atomic E-state index is 13.3. The Morgan fingerprint density at radius 2 is 0.915 bits per heavy atom. The van der Waals surface area contributed by atoms with Gasteiger partial charge in [0.2, 0.25) is 0 Å². The number of para-hydroxylation sites is 5. The molecule has 0 saturated heterocycles. The number of ketones is 1. The lowest BCUT2D eigenvalue weighted by Gasteiger charge is -2.51. The number of rotatable bonds is 2. The number of carbonyl (C=O) groups is 1. The second-order valence-electron chi connectivity index (χ2n) is 12.3. The van der Waals surface area contributed by atoms with E-state index in [1.54, 1.807) is 12.4 Å². The Kier molecular flexibility index (Phi) is 5.32.